The fourth-order valence-electron chi connectivity index (χ4n) is 2.05. The van der Waals surface area contributed by atoms with Gasteiger partial charge in [-0.3, -0.25) is 0 Å². The van der Waals surface area contributed by atoms with E-state index in [1.807, 2.05) is 18.5 Å². The molecule has 6 nitrogen and oxygen atoms in total. The van der Waals surface area contributed by atoms with Gasteiger partial charge in [0.2, 0.25) is 0 Å². The van der Waals surface area contributed by atoms with Gasteiger partial charge in [-0.2, -0.15) is 0 Å². The van der Waals surface area contributed by atoms with E-state index in [9.17, 15) is 0 Å². The van der Waals surface area contributed by atoms with Crippen molar-refractivity contribution in [2.24, 2.45) is 7.05 Å². The molecule has 7 heteroatoms. The molecule has 0 spiro atoms. The molecule has 0 aliphatic rings. The van der Waals surface area contributed by atoms with Crippen LogP contribution in [0.15, 0.2) is 6.33 Å². The van der Waals surface area contributed by atoms with Crippen molar-refractivity contribution in [1.82, 2.24) is 30.0 Å². The van der Waals surface area contributed by atoms with E-state index in [1.54, 1.807) is 6.33 Å². The molecule has 1 atom stereocenters. The molecule has 0 bridgehead atoms. The first kappa shape index (κ1) is 15.0. The molecule has 2 aromatic rings. The molecule has 1 unspecified atom stereocenters. The lowest BCUT2D eigenvalue weighted by Crippen LogP contribution is -2.21. The summed E-state index contributed by atoms with van der Waals surface area (Å²) in [7, 11) is 1.93. The summed E-state index contributed by atoms with van der Waals surface area (Å²) < 4.78 is 1.90. The summed E-state index contributed by atoms with van der Waals surface area (Å²) in [5.74, 6) is 1.85. The molecule has 2 N–H and O–H groups in total. The van der Waals surface area contributed by atoms with Crippen LogP contribution in [0.4, 0.5) is 0 Å². The maximum Gasteiger partial charge on any atom is 0.151 e. The molecular weight excluding hydrogens is 276 g/mol. The van der Waals surface area contributed by atoms with Crippen molar-refractivity contribution in [3.05, 3.63) is 28.8 Å². The Morgan fingerprint density at radius 2 is 2.30 bits per heavy atom. The normalized spacial score (nSPS) is 12.8. The minimum Gasteiger partial charge on any atom is -0.344 e. The maximum absolute atomic E-state index is 6.15. The molecule has 0 saturated heterocycles. The van der Waals surface area contributed by atoms with Gasteiger partial charge < -0.3 is 14.9 Å². The summed E-state index contributed by atoms with van der Waals surface area (Å²) in [5, 5.41) is 11.9. The molecule has 2 aromatic heterocycles. The Balaban J connectivity index is 1.93. The molecule has 20 heavy (non-hydrogen) atoms. The predicted molar refractivity (Wildman–Crippen MR) is 78.5 cm³/mol. The lowest BCUT2D eigenvalue weighted by atomic mass is 10.2. The van der Waals surface area contributed by atoms with E-state index in [0.717, 1.165) is 36.6 Å². The van der Waals surface area contributed by atoms with Crippen molar-refractivity contribution >= 4 is 11.6 Å². The SMILES string of the molecule is CCCCc1nc(Cl)c(CNC(C)c2nncn2C)[nH]1. The van der Waals surface area contributed by atoms with Gasteiger partial charge in [-0.1, -0.05) is 24.9 Å². The van der Waals surface area contributed by atoms with Crippen LogP contribution in [-0.2, 0) is 20.0 Å². The number of aromatic nitrogens is 5. The predicted octanol–water partition coefficient (Wildman–Crippen LogP) is 2.38. The first-order valence-electron chi connectivity index (χ1n) is 6.92. The molecule has 0 saturated carbocycles. The largest absolute Gasteiger partial charge is 0.344 e. The standard InChI is InChI=1S/C13H21ClN6/c1-4-5-6-11-17-10(12(14)18-11)7-15-9(2)13-19-16-8-20(13)3/h8-9,15H,4-7H2,1-3H3,(H,17,18). The number of hydrogen-bond donors (Lipinski definition) is 2. The molecule has 0 amide bonds. The molecule has 2 heterocycles. The average Bonchev–Trinajstić information content (AvgIpc) is 3.00. The van der Waals surface area contributed by atoms with Gasteiger partial charge in [0.25, 0.3) is 0 Å². The quantitative estimate of drug-likeness (QED) is 0.823. The minimum absolute atomic E-state index is 0.0981. The summed E-state index contributed by atoms with van der Waals surface area (Å²) in [5.41, 5.74) is 0.923. The highest BCUT2D eigenvalue weighted by Gasteiger charge is 2.13. The van der Waals surface area contributed by atoms with Crippen LogP contribution in [0, 0.1) is 0 Å². The fraction of sp³-hybridized carbons (Fsp3) is 0.615. The summed E-state index contributed by atoms with van der Waals surface area (Å²) in [4.78, 5) is 7.63. The number of halogens is 1. The minimum atomic E-state index is 0.0981. The van der Waals surface area contributed by atoms with Gasteiger partial charge in [0, 0.05) is 20.0 Å². The second-order valence-electron chi connectivity index (χ2n) is 4.96. The topological polar surface area (TPSA) is 71.4 Å². The van der Waals surface area contributed by atoms with Crippen molar-refractivity contribution in [3.63, 3.8) is 0 Å². The van der Waals surface area contributed by atoms with Crippen LogP contribution in [0.2, 0.25) is 5.15 Å². The molecule has 0 aromatic carbocycles. The highest BCUT2D eigenvalue weighted by molar-refractivity contribution is 6.30. The second kappa shape index (κ2) is 6.85. The number of imidazole rings is 1. The van der Waals surface area contributed by atoms with Gasteiger partial charge in [-0.15, -0.1) is 10.2 Å². The summed E-state index contributed by atoms with van der Waals surface area (Å²) >= 11 is 6.15. The number of unbranched alkanes of at least 4 members (excludes halogenated alkanes) is 1. The Morgan fingerprint density at radius 3 is 2.95 bits per heavy atom. The zero-order valence-corrected chi connectivity index (χ0v) is 12.9. The number of nitrogens with one attached hydrogen (secondary N) is 2. The molecule has 0 radical (unpaired) electrons. The fourth-order valence-corrected chi connectivity index (χ4v) is 2.27. The van der Waals surface area contributed by atoms with E-state index >= 15 is 0 Å². The number of hydrogen-bond acceptors (Lipinski definition) is 4. The van der Waals surface area contributed by atoms with Crippen molar-refractivity contribution in [2.75, 3.05) is 0 Å². The van der Waals surface area contributed by atoms with Crippen molar-refractivity contribution in [1.29, 1.82) is 0 Å². The van der Waals surface area contributed by atoms with Crippen LogP contribution < -0.4 is 5.32 Å². The molecule has 2 rings (SSSR count). The van der Waals surface area contributed by atoms with Crippen LogP contribution >= 0.6 is 11.6 Å². The number of nitrogens with zero attached hydrogens (tertiary/aromatic N) is 4. The smallest absolute Gasteiger partial charge is 0.151 e. The molecule has 110 valence electrons. The highest BCUT2D eigenvalue weighted by Crippen LogP contribution is 2.16. The first-order chi connectivity index (χ1) is 9.61. The monoisotopic (exact) mass is 296 g/mol. The van der Waals surface area contributed by atoms with Gasteiger partial charge in [0.15, 0.2) is 5.15 Å². The Bertz CT molecular complexity index is 547. The Labute approximate surface area is 124 Å². The Kier molecular flexibility index (Phi) is 5.14. The van der Waals surface area contributed by atoms with Gasteiger partial charge in [-0.05, 0) is 13.3 Å². The third-order valence-electron chi connectivity index (χ3n) is 3.26. The van der Waals surface area contributed by atoms with E-state index in [4.69, 9.17) is 11.6 Å². The Morgan fingerprint density at radius 1 is 1.50 bits per heavy atom. The van der Waals surface area contributed by atoms with Gasteiger partial charge in [0.05, 0.1) is 11.7 Å². The van der Waals surface area contributed by atoms with Gasteiger partial charge in [0.1, 0.15) is 18.0 Å². The van der Waals surface area contributed by atoms with Crippen molar-refractivity contribution < 1.29 is 0 Å². The van der Waals surface area contributed by atoms with Crippen LogP contribution in [-0.4, -0.2) is 24.7 Å². The third kappa shape index (κ3) is 3.58. The van der Waals surface area contributed by atoms with Crippen molar-refractivity contribution in [3.8, 4) is 0 Å². The van der Waals surface area contributed by atoms with Crippen LogP contribution in [0.5, 0.6) is 0 Å². The zero-order chi connectivity index (χ0) is 14.5. The second-order valence-corrected chi connectivity index (χ2v) is 5.32. The number of H-pyrrole nitrogens is 1. The number of aromatic amines is 1. The van der Waals surface area contributed by atoms with Crippen molar-refractivity contribution in [2.45, 2.75) is 45.7 Å². The lowest BCUT2D eigenvalue weighted by Gasteiger charge is -2.12. The maximum atomic E-state index is 6.15. The molecule has 0 aliphatic carbocycles. The zero-order valence-electron chi connectivity index (χ0n) is 12.1. The first-order valence-corrected chi connectivity index (χ1v) is 7.30. The summed E-state index contributed by atoms with van der Waals surface area (Å²) in [6.45, 7) is 4.84. The van der Waals surface area contributed by atoms with E-state index < -0.39 is 0 Å². The summed E-state index contributed by atoms with van der Waals surface area (Å²) in [6, 6.07) is 0.0981. The molecule has 0 fully saturated rings. The molecular formula is C13H21ClN6. The van der Waals surface area contributed by atoms with Gasteiger partial charge >= 0.3 is 0 Å². The summed E-state index contributed by atoms with van der Waals surface area (Å²) in [6.07, 6.45) is 4.90. The van der Waals surface area contributed by atoms with E-state index in [1.165, 1.54) is 0 Å². The third-order valence-corrected chi connectivity index (χ3v) is 3.58. The Hall–Kier alpha value is -1.40. The van der Waals surface area contributed by atoms with E-state index in [2.05, 4.69) is 32.4 Å². The van der Waals surface area contributed by atoms with E-state index in [0.29, 0.717) is 11.7 Å². The van der Waals surface area contributed by atoms with Crippen LogP contribution in [0.25, 0.3) is 0 Å². The van der Waals surface area contributed by atoms with Crippen LogP contribution in [0.3, 0.4) is 0 Å². The lowest BCUT2D eigenvalue weighted by molar-refractivity contribution is 0.524. The highest BCUT2D eigenvalue weighted by atomic mass is 35.5. The average molecular weight is 297 g/mol. The van der Waals surface area contributed by atoms with Crippen LogP contribution in [0.1, 0.15) is 50.1 Å². The number of rotatable bonds is 7. The van der Waals surface area contributed by atoms with Gasteiger partial charge in [-0.25, -0.2) is 4.98 Å². The number of aryl methyl sites for hydroxylation is 2. The molecule has 0 aliphatic heterocycles. The van der Waals surface area contributed by atoms with E-state index in [-0.39, 0.29) is 6.04 Å².